The zero-order valence-electron chi connectivity index (χ0n) is 9.89. The van der Waals surface area contributed by atoms with E-state index < -0.39 is 17.5 Å². The van der Waals surface area contributed by atoms with Gasteiger partial charge in [0, 0.05) is 12.1 Å². The summed E-state index contributed by atoms with van der Waals surface area (Å²) in [6.45, 7) is 3.23. The first-order chi connectivity index (χ1) is 8.04. The van der Waals surface area contributed by atoms with Gasteiger partial charge in [0.1, 0.15) is 0 Å². The summed E-state index contributed by atoms with van der Waals surface area (Å²) in [5.41, 5.74) is 0.126. The molecule has 0 radical (unpaired) electrons. The van der Waals surface area contributed by atoms with E-state index in [0.29, 0.717) is 6.54 Å². The van der Waals surface area contributed by atoms with Crippen LogP contribution in [0.5, 0.6) is 0 Å². The minimum absolute atomic E-state index is 0.126. The second-order valence-corrected chi connectivity index (χ2v) is 4.00. The Hall–Kier alpha value is -1.49. The average molecular weight is 242 g/mol. The number of benzene rings is 1. The van der Waals surface area contributed by atoms with Gasteiger partial charge in [-0.1, -0.05) is 6.92 Å². The molecule has 0 bridgehead atoms. The fraction of sp³-hybridized carbons (Fsp3) is 0.417. The molecular formula is C12H16F2N2O. The second kappa shape index (κ2) is 6.30. The summed E-state index contributed by atoms with van der Waals surface area (Å²) in [4.78, 5) is 11.6. The Morgan fingerprint density at radius 1 is 1.29 bits per heavy atom. The van der Waals surface area contributed by atoms with Gasteiger partial charge < -0.3 is 10.6 Å². The normalized spacial score (nSPS) is 12.2. The van der Waals surface area contributed by atoms with Gasteiger partial charge in [0.15, 0.2) is 11.6 Å². The molecule has 0 heterocycles. The second-order valence-electron chi connectivity index (χ2n) is 4.00. The van der Waals surface area contributed by atoms with Crippen molar-refractivity contribution < 1.29 is 13.6 Å². The van der Waals surface area contributed by atoms with Crippen molar-refractivity contribution in [3.63, 3.8) is 0 Å². The number of rotatable bonds is 5. The minimum atomic E-state index is -1.01. The molecular weight excluding hydrogens is 226 g/mol. The topological polar surface area (TPSA) is 41.1 Å². The van der Waals surface area contributed by atoms with Crippen LogP contribution in [0.2, 0.25) is 0 Å². The predicted molar refractivity (Wildman–Crippen MR) is 61.8 cm³/mol. The van der Waals surface area contributed by atoms with Crippen LogP contribution in [-0.2, 0) is 0 Å². The lowest BCUT2D eigenvalue weighted by Gasteiger charge is -2.11. The van der Waals surface area contributed by atoms with Crippen LogP contribution in [0.1, 0.15) is 17.3 Å². The van der Waals surface area contributed by atoms with Crippen LogP contribution < -0.4 is 10.6 Å². The fourth-order valence-corrected chi connectivity index (χ4v) is 1.43. The van der Waals surface area contributed by atoms with Crippen LogP contribution in [-0.4, -0.2) is 26.0 Å². The molecule has 0 aliphatic rings. The van der Waals surface area contributed by atoms with Crippen molar-refractivity contribution in [1.29, 1.82) is 0 Å². The number of halogens is 2. The molecule has 2 N–H and O–H groups in total. The number of carbonyl (C=O) groups is 1. The largest absolute Gasteiger partial charge is 0.352 e. The Morgan fingerprint density at radius 2 is 2.00 bits per heavy atom. The molecule has 0 saturated heterocycles. The highest BCUT2D eigenvalue weighted by molar-refractivity contribution is 5.94. The monoisotopic (exact) mass is 242 g/mol. The number of nitrogens with one attached hydrogen (secondary N) is 2. The smallest absolute Gasteiger partial charge is 0.251 e. The molecule has 0 aliphatic carbocycles. The van der Waals surface area contributed by atoms with Crippen LogP contribution in [0.15, 0.2) is 18.2 Å². The van der Waals surface area contributed by atoms with E-state index in [0.717, 1.165) is 18.7 Å². The Labute approximate surface area is 99.2 Å². The van der Waals surface area contributed by atoms with Crippen LogP contribution in [0.25, 0.3) is 0 Å². The summed E-state index contributed by atoms with van der Waals surface area (Å²) in [7, 11) is 1.83. The third kappa shape index (κ3) is 4.11. The van der Waals surface area contributed by atoms with Gasteiger partial charge in [0.2, 0.25) is 0 Å². The maximum absolute atomic E-state index is 12.9. The van der Waals surface area contributed by atoms with Gasteiger partial charge in [-0.2, -0.15) is 0 Å². The van der Waals surface area contributed by atoms with Crippen molar-refractivity contribution in [3.8, 4) is 0 Å². The molecule has 1 aromatic rings. The zero-order valence-corrected chi connectivity index (χ0v) is 9.89. The van der Waals surface area contributed by atoms with Gasteiger partial charge in [-0.3, -0.25) is 4.79 Å². The molecule has 1 amide bonds. The number of hydrogen-bond acceptors (Lipinski definition) is 2. The van der Waals surface area contributed by atoms with E-state index >= 15 is 0 Å². The van der Waals surface area contributed by atoms with Crippen molar-refractivity contribution in [2.75, 3.05) is 20.1 Å². The summed E-state index contributed by atoms with van der Waals surface area (Å²) < 4.78 is 25.6. The lowest BCUT2D eigenvalue weighted by molar-refractivity contribution is 0.0947. The zero-order chi connectivity index (χ0) is 12.8. The Morgan fingerprint density at radius 3 is 2.59 bits per heavy atom. The van der Waals surface area contributed by atoms with E-state index in [-0.39, 0.29) is 11.5 Å². The van der Waals surface area contributed by atoms with Crippen molar-refractivity contribution >= 4 is 5.91 Å². The fourth-order valence-electron chi connectivity index (χ4n) is 1.43. The molecule has 5 heteroatoms. The van der Waals surface area contributed by atoms with Gasteiger partial charge in [0.25, 0.3) is 5.91 Å². The van der Waals surface area contributed by atoms with Crippen LogP contribution in [0.4, 0.5) is 8.78 Å². The molecule has 17 heavy (non-hydrogen) atoms. The van der Waals surface area contributed by atoms with Crippen molar-refractivity contribution in [3.05, 3.63) is 35.4 Å². The summed E-state index contributed by atoms with van der Waals surface area (Å²) in [5, 5.41) is 5.65. The van der Waals surface area contributed by atoms with Gasteiger partial charge >= 0.3 is 0 Å². The first-order valence-corrected chi connectivity index (χ1v) is 5.42. The highest BCUT2D eigenvalue weighted by Gasteiger charge is 2.10. The lowest BCUT2D eigenvalue weighted by Crippen LogP contribution is -2.32. The molecule has 1 atom stereocenters. The Balaban J connectivity index is 2.55. The van der Waals surface area contributed by atoms with E-state index in [2.05, 4.69) is 10.6 Å². The van der Waals surface area contributed by atoms with E-state index in [1.807, 2.05) is 14.0 Å². The molecule has 0 saturated carbocycles. The summed E-state index contributed by atoms with van der Waals surface area (Å²) in [5.74, 6) is -2.09. The molecule has 1 rings (SSSR count). The van der Waals surface area contributed by atoms with Gasteiger partial charge in [-0.25, -0.2) is 8.78 Å². The van der Waals surface area contributed by atoms with Crippen molar-refractivity contribution in [2.45, 2.75) is 6.92 Å². The predicted octanol–water partition coefficient (Wildman–Crippen LogP) is 1.55. The standard InChI is InChI=1S/C12H16F2N2O/c1-8(6-15-2)7-16-12(17)9-3-4-10(13)11(14)5-9/h3-5,8,15H,6-7H2,1-2H3,(H,16,17). The number of hydrogen-bond donors (Lipinski definition) is 2. The quantitative estimate of drug-likeness (QED) is 0.822. The first kappa shape index (κ1) is 13.6. The van der Waals surface area contributed by atoms with Crippen LogP contribution in [0, 0.1) is 17.6 Å². The maximum atomic E-state index is 12.9. The summed E-state index contributed by atoms with van der Waals surface area (Å²) in [6, 6.07) is 3.10. The molecule has 3 nitrogen and oxygen atoms in total. The van der Waals surface area contributed by atoms with Gasteiger partial charge in [0.05, 0.1) is 0 Å². The van der Waals surface area contributed by atoms with E-state index in [1.165, 1.54) is 6.07 Å². The summed E-state index contributed by atoms with van der Waals surface area (Å²) in [6.07, 6.45) is 0. The van der Waals surface area contributed by atoms with Crippen LogP contribution in [0.3, 0.4) is 0 Å². The van der Waals surface area contributed by atoms with Crippen molar-refractivity contribution in [2.24, 2.45) is 5.92 Å². The molecule has 1 aromatic carbocycles. The Bertz CT molecular complexity index is 396. The average Bonchev–Trinajstić information content (AvgIpc) is 2.30. The SMILES string of the molecule is CNCC(C)CNC(=O)c1ccc(F)c(F)c1. The van der Waals surface area contributed by atoms with E-state index in [1.54, 1.807) is 0 Å². The molecule has 0 fully saturated rings. The third-order valence-electron chi connectivity index (χ3n) is 2.35. The van der Waals surface area contributed by atoms with E-state index in [4.69, 9.17) is 0 Å². The van der Waals surface area contributed by atoms with E-state index in [9.17, 15) is 13.6 Å². The molecule has 1 unspecified atom stereocenters. The maximum Gasteiger partial charge on any atom is 0.251 e. The third-order valence-corrected chi connectivity index (χ3v) is 2.35. The number of carbonyl (C=O) groups excluding carboxylic acids is 1. The highest BCUT2D eigenvalue weighted by Crippen LogP contribution is 2.08. The lowest BCUT2D eigenvalue weighted by atomic mass is 10.1. The molecule has 94 valence electrons. The number of amides is 1. The van der Waals surface area contributed by atoms with Crippen LogP contribution >= 0.6 is 0 Å². The molecule has 0 aliphatic heterocycles. The molecule has 0 spiro atoms. The first-order valence-electron chi connectivity index (χ1n) is 5.42. The molecule has 0 aromatic heterocycles. The van der Waals surface area contributed by atoms with Gasteiger partial charge in [-0.15, -0.1) is 0 Å². The van der Waals surface area contributed by atoms with Gasteiger partial charge in [-0.05, 0) is 37.7 Å². The highest BCUT2D eigenvalue weighted by atomic mass is 19.2. The summed E-state index contributed by atoms with van der Waals surface area (Å²) >= 11 is 0. The Kier molecular flexibility index (Phi) is 5.03. The van der Waals surface area contributed by atoms with Crippen molar-refractivity contribution in [1.82, 2.24) is 10.6 Å². The minimum Gasteiger partial charge on any atom is -0.352 e.